The number of likely N-dealkylation sites (tertiary alicyclic amines) is 1. The molecule has 1 saturated heterocycles. The van der Waals surface area contributed by atoms with Gasteiger partial charge in [-0.15, -0.1) is 0 Å². The zero-order valence-electron chi connectivity index (χ0n) is 13.8. The van der Waals surface area contributed by atoms with Crippen molar-refractivity contribution < 1.29 is 9.53 Å². The summed E-state index contributed by atoms with van der Waals surface area (Å²) in [6.07, 6.45) is 3.14. The van der Waals surface area contributed by atoms with Crippen molar-refractivity contribution in [2.75, 3.05) is 26.2 Å². The topological polar surface area (TPSA) is 41.6 Å². The number of benzene rings is 1. The van der Waals surface area contributed by atoms with E-state index in [1.807, 2.05) is 30.3 Å². The van der Waals surface area contributed by atoms with Crippen molar-refractivity contribution in [1.29, 1.82) is 0 Å². The minimum Gasteiger partial charge on any atom is -0.481 e. The molecule has 0 aliphatic carbocycles. The van der Waals surface area contributed by atoms with E-state index in [1.54, 1.807) is 6.92 Å². The van der Waals surface area contributed by atoms with Gasteiger partial charge in [0.1, 0.15) is 5.75 Å². The molecule has 2 rings (SSSR count). The van der Waals surface area contributed by atoms with Crippen LogP contribution < -0.4 is 10.1 Å². The molecule has 1 aliphatic heterocycles. The summed E-state index contributed by atoms with van der Waals surface area (Å²) in [5.41, 5.74) is 0. The molecule has 0 spiro atoms. The van der Waals surface area contributed by atoms with E-state index in [-0.39, 0.29) is 5.91 Å². The van der Waals surface area contributed by atoms with E-state index in [2.05, 4.69) is 17.1 Å². The van der Waals surface area contributed by atoms with Gasteiger partial charge in [-0.2, -0.15) is 0 Å². The summed E-state index contributed by atoms with van der Waals surface area (Å²) in [6.45, 7) is 8.29. The van der Waals surface area contributed by atoms with Crippen LogP contribution in [0.25, 0.3) is 0 Å². The Labute approximate surface area is 133 Å². The largest absolute Gasteiger partial charge is 0.481 e. The number of nitrogens with zero attached hydrogens (tertiary/aromatic N) is 1. The first kappa shape index (κ1) is 16.8. The van der Waals surface area contributed by atoms with Crippen molar-refractivity contribution in [3.8, 4) is 5.75 Å². The normalized spacial score (nSPS) is 17.9. The molecule has 1 atom stereocenters. The third-order valence-electron chi connectivity index (χ3n) is 4.25. The van der Waals surface area contributed by atoms with E-state index < -0.39 is 6.10 Å². The van der Waals surface area contributed by atoms with Crippen molar-refractivity contribution in [1.82, 2.24) is 10.2 Å². The SMILES string of the molecule is CC1CCN(CCCNC(=O)C(C)Oc2ccccc2)CC1. The average Bonchev–Trinajstić information content (AvgIpc) is 2.54. The van der Waals surface area contributed by atoms with Crippen LogP contribution in [-0.2, 0) is 4.79 Å². The van der Waals surface area contributed by atoms with Gasteiger partial charge in [-0.05, 0) is 63.9 Å². The molecule has 1 N–H and O–H groups in total. The van der Waals surface area contributed by atoms with E-state index in [1.165, 1.54) is 25.9 Å². The van der Waals surface area contributed by atoms with E-state index in [9.17, 15) is 4.79 Å². The van der Waals surface area contributed by atoms with E-state index in [0.29, 0.717) is 6.54 Å². The highest BCUT2D eigenvalue weighted by molar-refractivity contribution is 5.80. The quantitative estimate of drug-likeness (QED) is 0.788. The molecule has 1 aromatic rings. The predicted octanol–water partition coefficient (Wildman–Crippen LogP) is 2.69. The lowest BCUT2D eigenvalue weighted by Gasteiger charge is -2.30. The molecule has 1 heterocycles. The van der Waals surface area contributed by atoms with Crippen molar-refractivity contribution in [2.24, 2.45) is 5.92 Å². The van der Waals surface area contributed by atoms with Gasteiger partial charge in [0.15, 0.2) is 6.10 Å². The minimum atomic E-state index is -0.460. The highest BCUT2D eigenvalue weighted by Gasteiger charge is 2.16. The summed E-state index contributed by atoms with van der Waals surface area (Å²) in [5, 5.41) is 2.96. The Bertz CT molecular complexity index is 442. The molecule has 0 radical (unpaired) electrons. The Hall–Kier alpha value is -1.55. The highest BCUT2D eigenvalue weighted by Crippen LogP contribution is 2.15. The number of ether oxygens (including phenoxy) is 1. The zero-order valence-corrected chi connectivity index (χ0v) is 13.8. The molecular weight excluding hydrogens is 276 g/mol. The number of piperidine rings is 1. The first-order valence-corrected chi connectivity index (χ1v) is 8.37. The number of carbonyl (C=O) groups is 1. The summed E-state index contributed by atoms with van der Waals surface area (Å²) in [5.74, 6) is 1.55. The standard InChI is InChI=1S/C18H28N2O2/c1-15-9-13-20(14-10-15)12-6-11-19-18(21)16(2)22-17-7-4-3-5-8-17/h3-5,7-8,15-16H,6,9-14H2,1-2H3,(H,19,21). The number of nitrogens with one attached hydrogen (secondary N) is 1. The molecular formula is C18H28N2O2. The lowest BCUT2D eigenvalue weighted by Crippen LogP contribution is -2.39. The third-order valence-corrected chi connectivity index (χ3v) is 4.25. The van der Waals surface area contributed by atoms with Crippen LogP contribution >= 0.6 is 0 Å². The molecule has 0 saturated carbocycles. The molecule has 1 amide bonds. The Morgan fingerprint density at radius 1 is 1.32 bits per heavy atom. The van der Waals surface area contributed by atoms with Gasteiger partial charge in [0, 0.05) is 6.54 Å². The van der Waals surface area contributed by atoms with Crippen LogP contribution in [0.4, 0.5) is 0 Å². The highest BCUT2D eigenvalue weighted by atomic mass is 16.5. The fourth-order valence-electron chi connectivity index (χ4n) is 2.70. The Morgan fingerprint density at radius 2 is 2.00 bits per heavy atom. The monoisotopic (exact) mass is 304 g/mol. The van der Waals surface area contributed by atoms with Gasteiger partial charge in [-0.25, -0.2) is 0 Å². The van der Waals surface area contributed by atoms with Crippen LogP contribution in [0.3, 0.4) is 0 Å². The molecule has 1 unspecified atom stereocenters. The summed E-state index contributed by atoms with van der Waals surface area (Å²) in [7, 11) is 0. The van der Waals surface area contributed by atoms with Crippen molar-refractivity contribution in [3.05, 3.63) is 30.3 Å². The van der Waals surface area contributed by atoms with Crippen LogP contribution in [0.15, 0.2) is 30.3 Å². The van der Waals surface area contributed by atoms with Gasteiger partial charge in [-0.1, -0.05) is 25.1 Å². The van der Waals surface area contributed by atoms with Gasteiger partial charge >= 0.3 is 0 Å². The van der Waals surface area contributed by atoms with Crippen molar-refractivity contribution >= 4 is 5.91 Å². The van der Waals surface area contributed by atoms with Crippen molar-refractivity contribution in [3.63, 3.8) is 0 Å². The van der Waals surface area contributed by atoms with Gasteiger partial charge in [-0.3, -0.25) is 4.79 Å². The lowest BCUT2D eigenvalue weighted by atomic mass is 9.99. The summed E-state index contributed by atoms with van der Waals surface area (Å²) in [4.78, 5) is 14.5. The predicted molar refractivity (Wildman–Crippen MR) is 89.0 cm³/mol. The molecule has 1 fully saturated rings. The number of amides is 1. The Balaban J connectivity index is 1.59. The smallest absolute Gasteiger partial charge is 0.260 e. The van der Waals surface area contributed by atoms with Gasteiger partial charge in [0.25, 0.3) is 5.91 Å². The molecule has 0 aromatic heterocycles. The fourth-order valence-corrected chi connectivity index (χ4v) is 2.70. The third kappa shape index (κ3) is 5.68. The van der Waals surface area contributed by atoms with Crippen LogP contribution in [0, 0.1) is 5.92 Å². The maximum absolute atomic E-state index is 12.0. The van der Waals surface area contributed by atoms with Crippen LogP contribution in [0.2, 0.25) is 0 Å². The van der Waals surface area contributed by atoms with Gasteiger partial charge in [0.2, 0.25) is 0 Å². The number of carbonyl (C=O) groups excluding carboxylic acids is 1. The molecule has 4 nitrogen and oxygen atoms in total. The second-order valence-electron chi connectivity index (χ2n) is 6.24. The number of para-hydroxylation sites is 1. The molecule has 122 valence electrons. The maximum atomic E-state index is 12.0. The second-order valence-corrected chi connectivity index (χ2v) is 6.24. The first-order valence-electron chi connectivity index (χ1n) is 8.37. The second kappa shape index (κ2) is 8.79. The Morgan fingerprint density at radius 3 is 2.68 bits per heavy atom. The fraction of sp³-hybridized carbons (Fsp3) is 0.611. The molecule has 22 heavy (non-hydrogen) atoms. The van der Waals surface area contributed by atoms with E-state index in [0.717, 1.165) is 24.6 Å². The summed E-state index contributed by atoms with van der Waals surface area (Å²) >= 11 is 0. The van der Waals surface area contributed by atoms with Crippen LogP contribution in [-0.4, -0.2) is 43.1 Å². The maximum Gasteiger partial charge on any atom is 0.260 e. The zero-order chi connectivity index (χ0) is 15.8. The minimum absolute atomic E-state index is 0.0453. The molecule has 1 aliphatic rings. The van der Waals surface area contributed by atoms with Crippen molar-refractivity contribution in [2.45, 2.75) is 39.2 Å². The molecule has 0 bridgehead atoms. The first-order chi connectivity index (χ1) is 10.6. The molecule has 1 aromatic carbocycles. The van der Waals surface area contributed by atoms with Crippen LogP contribution in [0.5, 0.6) is 5.75 Å². The van der Waals surface area contributed by atoms with E-state index >= 15 is 0 Å². The number of hydrogen-bond acceptors (Lipinski definition) is 3. The van der Waals surface area contributed by atoms with Gasteiger partial charge < -0.3 is 15.0 Å². The number of hydrogen-bond donors (Lipinski definition) is 1. The summed E-state index contributed by atoms with van der Waals surface area (Å²) in [6, 6.07) is 9.46. The van der Waals surface area contributed by atoms with Crippen LogP contribution in [0.1, 0.15) is 33.1 Å². The molecule has 4 heteroatoms. The van der Waals surface area contributed by atoms with E-state index in [4.69, 9.17) is 4.74 Å². The Kier molecular flexibility index (Phi) is 6.72. The number of rotatable bonds is 7. The lowest BCUT2D eigenvalue weighted by molar-refractivity contribution is -0.127. The average molecular weight is 304 g/mol. The van der Waals surface area contributed by atoms with Gasteiger partial charge in [0.05, 0.1) is 0 Å². The summed E-state index contributed by atoms with van der Waals surface area (Å²) < 4.78 is 5.61.